The van der Waals surface area contributed by atoms with Gasteiger partial charge in [-0.2, -0.15) is 0 Å². The van der Waals surface area contributed by atoms with Crippen molar-refractivity contribution in [1.82, 2.24) is 14.8 Å². The number of H-pyrrole nitrogens is 1. The Hall–Kier alpha value is -1.81. The summed E-state index contributed by atoms with van der Waals surface area (Å²) in [5.41, 5.74) is 2.36. The van der Waals surface area contributed by atoms with Gasteiger partial charge in [0.15, 0.2) is 0 Å². The third kappa shape index (κ3) is 2.31. The van der Waals surface area contributed by atoms with Crippen LogP contribution in [0.25, 0.3) is 10.9 Å². The van der Waals surface area contributed by atoms with Crippen molar-refractivity contribution in [3.63, 3.8) is 0 Å². The zero-order chi connectivity index (χ0) is 14.1. The first-order valence-corrected chi connectivity index (χ1v) is 7.21. The second kappa shape index (κ2) is 5.29. The molecule has 1 aromatic carbocycles. The number of aromatic nitrogens is 1. The fourth-order valence-electron chi connectivity index (χ4n) is 2.99. The summed E-state index contributed by atoms with van der Waals surface area (Å²) < 4.78 is 0. The molecule has 1 saturated heterocycles. The summed E-state index contributed by atoms with van der Waals surface area (Å²) in [5, 5.41) is 1.20. The Balaban J connectivity index is 1.92. The van der Waals surface area contributed by atoms with Crippen LogP contribution in [-0.2, 0) is 4.79 Å². The second-order valence-corrected chi connectivity index (χ2v) is 5.77. The third-order valence-electron chi connectivity index (χ3n) is 4.28. The van der Waals surface area contributed by atoms with Crippen LogP contribution in [0.15, 0.2) is 30.5 Å². The second-order valence-electron chi connectivity index (χ2n) is 5.77. The highest BCUT2D eigenvalue weighted by Crippen LogP contribution is 2.27. The monoisotopic (exact) mass is 271 g/mol. The molecule has 2 aromatic rings. The quantitative estimate of drug-likeness (QED) is 0.871. The lowest BCUT2D eigenvalue weighted by atomic mass is 10.0. The SMILES string of the molecule is CC(C)N1CCN(C=O)C(c2ccc3[nH]ccc3c2)C1. The van der Waals surface area contributed by atoms with Gasteiger partial charge in [0.1, 0.15) is 0 Å². The van der Waals surface area contributed by atoms with Gasteiger partial charge in [-0.1, -0.05) is 6.07 Å². The highest BCUT2D eigenvalue weighted by molar-refractivity contribution is 5.80. The van der Waals surface area contributed by atoms with Gasteiger partial charge >= 0.3 is 0 Å². The minimum atomic E-state index is 0.156. The Morgan fingerprint density at radius 1 is 1.30 bits per heavy atom. The summed E-state index contributed by atoms with van der Waals surface area (Å²) in [6.45, 7) is 7.09. The molecule has 0 saturated carbocycles. The van der Waals surface area contributed by atoms with E-state index < -0.39 is 0 Å². The van der Waals surface area contributed by atoms with Gasteiger partial charge in [-0.05, 0) is 43.0 Å². The summed E-state index contributed by atoms with van der Waals surface area (Å²) >= 11 is 0. The van der Waals surface area contributed by atoms with Gasteiger partial charge in [-0.15, -0.1) is 0 Å². The number of carbonyl (C=O) groups is 1. The van der Waals surface area contributed by atoms with Gasteiger partial charge in [0.25, 0.3) is 0 Å². The molecule has 1 amide bonds. The fraction of sp³-hybridized carbons (Fsp3) is 0.438. The van der Waals surface area contributed by atoms with Crippen LogP contribution in [0.5, 0.6) is 0 Å². The van der Waals surface area contributed by atoms with Crippen LogP contribution in [0.3, 0.4) is 0 Å². The highest BCUT2D eigenvalue weighted by Gasteiger charge is 2.28. The lowest BCUT2D eigenvalue weighted by Crippen LogP contribution is -2.50. The first-order valence-electron chi connectivity index (χ1n) is 7.21. The number of hydrogen-bond donors (Lipinski definition) is 1. The average molecular weight is 271 g/mol. The fourth-order valence-corrected chi connectivity index (χ4v) is 2.99. The van der Waals surface area contributed by atoms with Gasteiger partial charge in [-0.25, -0.2) is 0 Å². The minimum Gasteiger partial charge on any atom is -0.361 e. The highest BCUT2D eigenvalue weighted by atomic mass is 16.1. The Bertz CT molecular complexity index is 605. The summed E-state index contributed by atoms with van der Waals surface area (Å²) in [6.07, 6.45) is 2.94. The third-order valence-corrected chi connectivity index (χ3v) is 4.28. The molecule has 4 nitrogen and oxygen atoms in total. The largest absolute Gasteiger partial charge is 0.361 e. The maximum absolute atomic E-state index is 11.3. The van der Waals surface area contributed by atoms with Crippen LogP contribution in [0.4, 0.5) is 0 Å². The molecule has 0 spiro atoms. The molecule has 0 radical (unpaired) electrons. The number of rotatable bonds is 3. The van der Waals surface area contributed by atoms with Crippen molar-refractivity contribution in [2.75, 3.05) is 19.6 Å². The average Bonchev–Trinajstić information content (AvgIpc) is 2.93. The molecular formula is C16H21N3O. The maximum atomic E-state index is 11.3. The van der Waals surface area contributed by atoms with Crippen molar-refractivity contribution < 1.29 is 4.79 Å². The van der Waals surface area contributed by atoms with E-state index in [2.05, 4.69) is 48.0 Å². The van der Waals surface area contributed by atoms with Crippen LogP contribution in [0.1, 0.15) is 25.5 Å². The number of hydrogen-bond acceptors (Lipinski definition) is 2. The van der Waals surface area contributed by atoms with Gasteiger partial charge < -0.3 is 9.88 Å². The number of nitrogens with one attached hydrogen (secondary N) is 1. The summed E-state index contributed by atoms with van der Waals surface area (Å²) in [5.74, 6) is 0. The molecule has 3 rings (SSSR count). The van der Waals surface area contributed by atoms with E-state index in [0.29, 0.717) is 6.04 Å². The molecular weight excluding hydrogens is 250 g/mol. The Morgan fingerprint density at radius 3 is 2.90 bits per heavy atom. The molecule has 0 bridgehead atoms. The molecule has 0 aliphatic carbocycles. The Morgan fingerprint density at radius 2 is 2.15 bits per heavy atom. The number of amides is 1. The smallest absolute Gasteiger partial charge is 0.210 e. The van der Waals surface area contributed by atoms with Gasteiger partial charge in [0, 0.05) is 37.4 Å². The van der Waals surface area contributed by atoms with E-state index in [0.717, 1.165) is 31.6 Å². The molecule has 20 heavy (non-hydrogen) atoms. The number of fused-ring (bicyclic) bond motifs is 1. The predicted molar refractivity (Wildman–Crippen MR) is 80.5 cm³/mol. The Kier molecular flexibility index (Phi) is 3.49. The van der Waals surface area contributed by atoms with Crippen LogP contribution < -0.4 is 0 Å². The van der Waals surface area contributed by atoms with Crippen LogP contribution in [0, 0.1) is 0 Å². The summed E-state index contributed by atoms with van der Waals surface area (Å²) in [7, 11) is 0. The molecule has 1 aliphatic rings. The molecule has 1 N–H and O–H groups in total. The molecule has 2 heterocycles. The Labute approximate surface area is 119 Å². The summed E-state index contributed by atoms with van der Waals surface area (Å²) in [4.78, 5) is 18.9. The van der Waals surface area contributed by atoms with Gasteiger partial charge in [0.2, 0.25) is 6.41 Å². The van der Waals surface area contributed by atoms with Gasteiger partial charge in [-0.3, -0.25) is 9.69 Å². The molecule has 1 unspecified atom stereocenters. The number of nitrogens with zero attached hydrogens (tertiary/aromatic N) is 2. The lowest BCUT2D eigenvalue weighted by molar-refractivity contribution is -0.123. The molecule has 4 heteroatoms. The normalized spacial score (nSPS) is 20.8. The number of carbonyl (C=O) groups excluding carboxylic acids is 1. The topological polar surface area (TPSA) is 39.3 Å². The van der Waals surface area contributed by atoms with E-state index in [1.54, 1.807) is 0 Å². The van der Waals surface area contributed by atoms with E-state index in [9.17, 15) is 4.79 Å². The molecule has 1 atom stereocenters. The minimum absolute atomic E-state index is 0.156. The van der Waals surface area contributed by atoms with Crippen LogP contribution in [0.2, 0.25) is 0 Å². The van der Waals surface area contributed by atoms with E-state index in [1.807, 2.05) is 11.1 Å². The van der Waals surface area contributed by atoms with E-state index >= 15 is 0 Å². The molecule has 1 fully saturated rings. The van der Waals surface area contributed by atoms with Crippen LogP contribution in [-0.4, -0.2) is 46.9 Å². The van der Waals surface area contributed by atoms with Crippen LogP contribution >= 0.6 is 0 Å². The summed E-state index contributed by atoms with van der Waals surface area (Å²) in [6, 6.07) is 9.17. The molecule has 1 aromatic heterocycles. The van der Waals surface area contributed by atoms with Crippen molar-refractivity contribution in [1.29, 1.82) is 0 Å². The maximum Gasteiger partial charge on any atom is 0.210 e. The number of aromatic amines is 1. The van der Waals surface area contributed by atoms with Crippen molar-refractivity contribution in [2.45, 2.75) is 25.9 Å². The van der Waals surface area contributed by atoms with Gasteiger partial charge in [0.05, 0.1) is 6.04 Å². The van der Waals surface area contributed by atoms with E-state index in [-0.39, 0.29) is 6.04 Å². The van der Waals surface area contributed by atoms with E-state index in [1.165, 1.54) is 10.9 Å². The zero-order valence-electron chi connectivity index (χ0n) is 12.0. The van der Waals surface area contributed by atoms with Crippen molar-refractivity contribution in [2.24, 2.45) is 0 Å². The van der Waals surface area contributed by atoms with Crippen molar-refractivity contribution in [3.05, 3.63) is 36.0 Å². The van der Waals surface area contributed by atoms with E-state index in [4.69, 9.17) is 0 Å². The number of piperazine rings is 1. The number of benzene rings is 1. The standard InChI is InChI=1S/C16H21N3O/c1-12(2)18-7-8-19(11-20)16(10-18)14-3-4-15-13(9-14)5-6-17-15/h3-6,9,11-12,16-17H,7-8,10H2,1-2H3. The first-order chi connectivity index (χ1) is 9.69. The molecule has 1 aliphatic heterocycles. The van der Waals surface area contributed by atoms with Crippen molar-refractivity contribution >= 4 is 17.3 Å². The lowest BCUT2D eigenvalue weighted by Gasteiger charge is -2.41. The van der Waals surface area contributed by atoms with Crippen molar-refractivity contribution in [3.8, 4) is 0 Å². The predicted octanol–water partition coefficient (Wildman–Crippen LogP) is 2.39. The zero-order valence-corrected chi connectivity index (χ0v) is 12.0. The molecule has 106 valence electrons. The first kappa shape index (κ1) is 13.2.